The first-order chi connectivity index (χ1) is 12.9. The van der Waals surface area contributed by atoms with Gasteiger partial charge in [-0.15, -0.1) is 0 Å². The number of nitrogens with zero attached hydrogens (tertiary/aromatic N) is 3. The van der Waals surface area contributed by atoms with E-state index in [-0.39, 0.29) is 5.91 Å². The lowest BCUT2D eigenvalue weighted by Gasteiger charge is -2.34. The van der Waals surface area contributed by atoms with Crippen LogP contribution in [0.1, 0.15) is 36.8 Å². The molecule has 0 atom stereocenters. The first kappa shape index (κ1) is 20.3. The monoisotopic (exact) mass is 393 g/mol. The van der Waals surface area contributed by atoms with Crippen LogP contribution >= 0.6 is 0 Å². The number of rotatable bonds is 4. The van der Waals surface area contributed by atoms with Crippen LogP contribution in [0.2, 0.25) is 0 Å². The molecule has 0 radical (unpaired) electrons. The minimum absolute atomic E-state index is 0.183. The van der Waals surface area contributed by atoms with Crippen molar-refractivity contribution in [3.63, 3.8) is 0 Å². The SMILES string of the molecule is Cc1ccc(S(=O)(=O)N2CCN(CC(=O)N3CCCCCC3)CC2)c(C)c1. The summed E-state index contributed by atoms with van der Waals surface area (Å²) in [6, 6.07) is 5.45. The van der Waals surface area contributed by atoms with Gasteiger partial charge in [-0.3, -0.25) is 9.69 Å². The Labute approximate surface area is 163 Å². The van der Waals surface area contributed by atoms with Crippen LogP contribution in [-0.4, -0.2) is 74.2 Å². The Morgan fingerprint density at radius 1 is 0.926 bits per heavy atom. The molecular formula is C20H31N3O3S. The minimum Gasteiger partial charge on any atom is -0.342 e. The van der Waals surface area contributed by atoms with E-state index in [9.17, 15) is 13.2 Å². The molecule has 2 fully saturated rings. The molecule has 0 aliphatic carbocycles. The maximum Gasteiger partial charge on any atom is 0.243 e. The third-order valence-corrected chi connectivity index (χ3v) is 7.66. The number of sulfonamides is 1. The summed E-state index contributed by atoms with van der Waals surface area (Å²) in [7, 11) is -3.48. The van der Waals surface area contributed by atoms with E-state index in [0.717, 1.165) is 37.1 Å². The number of aryl methyl sites for hydroxylation is 2. The van der Waals surface area contributed by atoms with E-state index in [0.29, 0.717) is 37.6 Å². The Hall–Kier alpha value is -1.44. The molecule has 2 aliphatic rings. The molecule has 0 bridgehead atoms. The van der Waals surface area contributed by atoms with Gasteiger partial charge in [-0.2, -0.15) is 4.31 Å². The topological polar surface area (TPSA) is 60.9 Å². The van der Waals surface area contributed by atoms with Gasteiger partial charge in [0.15, 0.2) is 0 Å². The Bertz CT molecular complexity index is 763. The fourth-order valence-corrected chi connectivity index (χ4v) is 5.60. The number of benzene rings is 1. The highest BCUT2D eigenvalue weighted by molar-refractivity contribution is 7.89. The number of hydrogen-bond acceptors (Lipinski definition) is 4. The van der Waals surface area contributed by atoms with Crippen molar-refractivity contribution in [2.45, 2.75) is 44.4 Å². The zero-order chi connectivity index (χ0) is 19.4. The molecular weight excluding hydrogens is 362 g/mol. The number of carbonyl (C=O) groups excluding carboxylic acids is 1. The highest BCUT2D eigenvalue weighted by Crippen LogP contribution is 2.22. The number of piperazine rings is 1. The summed E-state index contributed by atoms with van der Waals surface area (Å²) in [5.41, 5.74) is 1.84. The van der Waals surface area contributed by atoms with Crippen molar-refractivity contribution in [1.29, 1.82) is 0 Å². The molecule has 3 rings (SSSR count). The van der Waals surface area contributed by atoms with Gasteiger partial charge in [0, 0.05) is 39.3 Å². The Kier molecular flexibility index (Phi) is 6.55. The van der Waals surface area contributed by atoms with Gasteiger partial charge in [-0.25, -0.2) is 8.42 Å². The van der Waals surface area contributed by atoms with E-state index in [4.69, 9.17) is 0 Å². The van der Waals surface area contributed by atoms with E-state index in [2.05, 4.69) is 4.90 Å². The molecule has 0 spiro atoms. The van der Waals surface area contributed by atoms with Crippen molar-refractivity contribution in [2.75, 3.05) is 45.8 Å². The van der Waals surface area contributed by atoms with E-state index in [1.807, 2.05) is 30.9 Å². The maximum absolute atomic E-state index is 13.0. The molecule has 0 aromatic heterocycles. The van der Waals surface area contributed by atoms with Gasteiger partial charge >= 0.3 is 0 Å². The molecule has 2 heterocycles. The van der Waals surface area contributed by atoms with Crippen LogP contribution in [0.15, 0.2) is 23.1 Å². The predicted octanol–water partition coefficient (Wildman–Crippen LogP) is 2.01. The number of carbonyl (C=O) groups is 1. The van der Waals surface area contributed by atoms with Crippen molar-refractivity contribution >= 4 is 15.9 Å². The first-order valence-electron chi connectivity index (χ1n) is 9.95. The molecule has 1 aromatic carbocycles. The summed E-state index contributed by atoms with van der Waals surface area (Å²) in [5, 5.41) is 0. The summed E-state index contributed by atoms with van der Waals surface area (Å²) >= 11 is 0. The minimum atomic E-state index is -3.48. The predicted molar refractivity (Wildman–Crippen MR) is 106 cm³/mol. The molecule has 1 aromatic rings. The van der Waals surface area contributed by atoms with Gasteiger partial charge < -0.3 is 4.90 Å². The lowest BCUT2D eigenvalue weighted by atomic mass is 10.2. The Balaban J connectivity index is 1.57. The maximum atomic E-state index is 13.0. The van der Waals surface area contributed by atoms with Crippen molar-refractivity contribution in [3.05, 3.63) is 29.3 Å². The Morgan fingerprint density at radius 2 is 1.56 bits per heavy atom. The molecule has 6 nitrogen and oxygen atoms in total. The van der Waals surface area contributed by atoms with Crippen LogP contribution in [0.5, 0.6) is 0 Å². The normalized spacial score (nSPS) is 20.4. The molecule has 0 N–H and O–H groups in total. The van der Waals surface area contributed by atoms with Crippen LogP contribution in [0.4, 0.5) is 0 Å². The van der Waals surface area contributed by atoms with Crippen molar-refractivity contribution in [3.8, 4) is 0 Å². The highest BCUT2D eigenvalue weighted by atomic mass is 32.2. The first-order valence-corrected chi connectivity index (χ1v) is 11.4. The van der Waals surface area contributed by atoms with Crippen LogP contribution < -0.4 is 0 Å². The second kappa shape index (κ2) is 8.71. The zero-order valence-electron chi connectivity index (χ0n) is 16.5. The molecule has 150 valence electrons. The van der Waals surface area contributed by atoms with Crippen molar-refractivity contribution in [1.82, 2.24) is 14.1 Å². The Morgan fingerprint density at radius 3 is 2.15 bits per heavy atom. The molecule has 27 heavy (non-hydrogen) atoms. The second-order valence-corrected chi connectivity index (χ2v) is 9.65. The highest BCUT2D eigenvalue weighted by Gasteiger charge is 2.30. The zero-order valence-corrected chi connectivity index (χ0v) is 17.3. The third kappa shape index (κ3) is 4.89. The quantitative estimate of drug-likeness (QED) is 0.785. The largest absolute Gasteiger partial charge is 0.342 e. The van der Waals surface area contributed by atoms with Gasteiger partial charge in [0.2, 0.25) is 15.9 Å². The average Bonchev–Trinajstić information content (AvgIpc) is 2.91. The van der Waals surface area contributed by atoms with Crippen LogP contribution in [-0.2, 0) is 14.8 Å². The molecule has 1 amide bonds. The lowest BCUT2D eigenvalue weighted by Crippen LogP contribution is -2.51. The van der Waals surface area contributed by atoms with Crippen LogP contribution in [0.3, 0.4) is 0 Å². The summed E-state index contributed by atoms with van der Waals surface area (Å²) < 4.78 is 27.5. The fourth-order valence-electron chi connectivity index (χ4n) is 3.97. The van der Waals surface area contributed by atoms with E-state index in [1.54, 1.807) is 10.4 Å². The standard InChI is InChI=1S/C20H31N3O3S/c1-17-7-8-19(18(2)15-17)27(25,26)23-13-11-21(12-14-23)16-20(24)22-9-5-3-4-6-10-22/h7-8,15H,3-6,9-14,16H2,1-2H3. The molecule has 2 aliphatic heterocycles. The fraction of sp³-hybridized carbons (Fsp3) is 0.650. The van der Waals surface area contributed by atoms with Crippen molar-refractivity contribution in [2.24, 2.45) is 0 Å². The van der Waals surface area contributed by atoms with Crippen LogP contribution in [0.25, 0.3) is 0 Å². The smallest absolute Gasteiger partial charge is 0.243 e. The van der Waals surface area contributed by atoms with E-state index in [1.165, 1.54) is 12.8 Å². The van der Waals surface area contributed by atoms with E-state index < -0.39 is 10.0 Å². The number of amides is 1. The summed E-state index contributed by atoms with van der Waals surface area (Å²) in [6.45, 7) is 8.00. The number of likely N-dealkylation sites (tertiary alicyclic amines) is 1. The third-order valence-electron chi connectivity index (χ3n) is 5.60. The van der Waals surface area contributed by atoms with Gasteiger partial charge in [-0.1, -0.05) is 30.5 Å². The molecule has 0 saturated carbocycles. The summed E-state index contributed by atoms with van der Waals surface area (Å²) in [5.74, 6) is 0.183. The van der Waals surface area contributed by atoms with Gasteiger partial charge in [-0.05, 0) is 38.3 Å². The summed E-state index contributed by atoms with van der Waals surface area (Å²) in [6.07, 6.45) is 4.60. The molecule has 7 heteroatoms. The molecule has 2 saturated heterocycles. The second-order valence-electron chi connectivity index (χ2n) is 7.74. The van der Waals surface area contributed by atoms with Gasteiger partial charge in [0.25, 0.3) is 0 Å². The molecule has 0 unspecified atom stereocenters. The van der Waals surface area contributed by atoms with E-state index >= 15 is 0 Å². The average molecular weight is 394 g/mol. The van der Waals surface area contributed by atoms with Gasteiger partial charge in [0.05, 0.1) is 11.4 Å². The lowest BCUT2D eigenvalue weighted by molar-refractivity contribution is -0.132. The van der Waals surface area contributed by atoms with Crippen LogP contribution in [0, 0.1) is 13.8 Å². The van der Waals surface area contributed by atoms with Crippen molar-refractivity contribution < 1.29 is 13.2 Å². The summed E-state index contributed by atoms with van der Waals surface area (Å²) in [4.78, 5) is 17.0. The van der Waals surface area contributed by atoms with Gasteiger partial charge in [0.1, 0.15) is 0 Å². The number of hydrogen-bond donors (Lipinski definition) is 0.